The topological polar surface area (TPSA) is 173 Å². The SMILES string of the molecule is N.O.O.O=[Se](=O)(O)O.[H-].[H-].[Mo].[Na+].[Na+]. The minimum atomic E-state index is -5.25. The molecule has 66 valence electrons. The van der Waals surface area contributed by atoms with E-state index in [9.17, 15) is 0 Å². The van der Waals surface area contributed by atoms with Crippen molar-refractivity contribution in [2.45, 2.75) is 0 Å². The molecule has 0 atom stereocenters. The Balaban J connectivity index is -0.00000000286. The molecule has 0 rings (SSSR count). The molecule has 0 bridgehead atoms. The molecule has 11 heteroatoms. The van der Waals surface area contributed by atoms with Crippen LogP contribution in [0.25, 0.3) is 0 Å². The first-order valence-electron chi connectivity index (χ1n) is 0.698. The summed E-state index contributed by atoms with van der Waals surface area (Å²) in [5.74, 6) is 0. The molecule has 0 radical (unpaired) electrons. The van der Waals surface area contributed by atoms with Crippen LogP contribution in [0.15, 0.2) is 0 Å². The average molecular weight is 342 g/mol. The van der Waals surface area contributed by atoms with Crippen LogP contribution in [-0.2, 0) is 28.7 Å². The molecular weight excluding hydrogens is 331 g/mol. The van der Waals surface area contributed by atoms with Gasteiger partial charge in [-0.25, -0.2) is 0 Å². The first kappa shape index (κ1) is 49.5. The molecule has 0 aromatic rings. The predicted octanol–water partition coefficient (Wildman–Crippen LogP) is -8.99. The summed E-state index contributed by atoms with van der Waals surface area (Å²) < 4.78 is 31.9. The Bertz CT molecular complexity index is 112. The molecule has 0 aromatic heterocycles. The first-order chi connectivity index (χ1) is 2.00. The van der Waals surface area contributed by atoms with Crippen LogP contribution in [-0.4, -0.2) is 32.7 Å². The van der Waals surface area contributed by atoms with E-state index >= 15 is 0 Å². The van der Waals surface area contributed by atoms with Crippen LogP contribution in [0.5, 0.6) is 0 Å². The maximum atomic E-state index is 8.82. The van der Waals surface area contributed by atoms with Crippen LogP contribution in [0.1, 0.15) is 2.85 Å². The van der Waals surface area contributed by atoms with Gasteiger partial charge >= 0.3 is 88.5 Å². The van der Waals surface area contributed by atoms with E-state index in [0.717, 1.165) is 0 Å². The largest absolute Gasteiger partial charge is 1.00 e. The fraction of sp³-hybridized carbons (Fsp3) is 0. The van der Waals surface area contributed by atoms with Crippen LogP contribution in [0, 0.1) is 0 Å². The molecule has 0 aromatic carbocycles. The minimum absolute atomic E-state index is 0. The second-order valence-electron chi connectivity index (χ2n) is 0.448. The molecule has 0 fully saturated rings. The minimum Gasteiger partial charge on any atom is -1.00 e. The Labute approximate surface area is 128 Å². The summed E-state index contributed by atoms with van der Waals surface area (Å²) in [6.07, 6.45) is 0. The normalized spacial score (nSPS) is 5.27. The van der Waals surface area contributed by atoms with Gasteiger partial charge in [0.15, 0.2) is 0 Å². The van der Waals surface area contributed by atoms with Crippen molar-refractivity contribution in [2.24, 2.45) is 0 Å². The van der Waals surface area contributed by atoms with E-state index in [0.29, 0.717) is 0 Å². The Kier molecular flexibility index (Phi) is 103. The molecule has 0 amide bonds. The van der Waals surface area contributed by atoms with Crippen molar-refractivity contribution in [3.05, 3.63) is 0 Å². The van der Waals surface area contributed by atoms with Gasteiger partial charge in [0.2, 0.25) is 0 Å². The summed E-state index contributed by atoms with van der Waals surface area (Å²) in [4.78, 5) is 0. The van der Waals surface area contributed by atoms with Crippen molar-refractivity contribution in [1.29, 1.82) is 0 Å². The third-order valence-electron chi connectivity index (χ3n) is 0. The third-order valence-corrected chi connectivity index (χ3v) is 0. The van der Waals surface area contributed by atoms with Gasteiger partial charge in [0, 0.05) is 21.1 Å². The van der Waals surface area contributed by atoms with Gasteiger partial charge in [-0.2, -0.15) is 0 Å². The Morgan fingerprint density at radius 2 is 1.00 bits per heavy atom. The quantitative estimate of drug-likeness (QED) is 0.370. The first-order valence-corrected chi connectivity index (χ1v) is 3.63. The van der Waals surface area contributed by atoms with E-state index in [2.05, 4.69) is 0 Å². The van der Waals surface area contributed by atoms with Crippen LogP contribution < -0.4 is 65.3 Å². The molecule has 0 unspecified atom stereocenters. The van der Waals surface area contributed by atoms with E-state index < -0.39 is 13.4 Å². The molecule has 0 saturated heterocycles. The summed E-state index contributed by atoms with van der Waals surface area (Å²) >= 11 is -5.25. The second-order valence-corrected chi connectivity index (χ2v) is 2.33. The fourth-order valence-corrected chi connectivity index (χ4v) is 0. The molecule has 0 heterocycles. The number of hydrogen-bond donors (Lipinski definition) is 3. The van der Waals surface area contributed by atoms with Crippen LogP contribution in [0.3, 0.4) is 0 Å². The number of rotatable bonds is 0. The van der Waals surface area contributed by atoms with Gasteiger partial charge in [0.25, 0.3) is 0 Å². The Morgan fingerprint density at radius 3 is 1.00 bits per heavy atom. The molecule has 11 heavy (non-hydrogen) atoms. The van der Waals surface area contributed by atoms with Crippen molar-refractivity contribution in [2.75, 3.05) is 0 Å². The van der Waals surface area contributed by atoms with Crippen molar-refractivity contribution in [3.8, 4) is 0 Å². The summed E-state index contributed by atoms with van der Waals surface area (Å²) in [6.45, 7) is 0. The van der Waals surface area contributed by atoms with Crippen molar-refractivity contribution in [3.63, 3.8) is 0 Å². The zero-order valence-electron chi connectivity index (χ0n) is 8.23. The van der Waals surface area contributed by atoms with Crippen molar-refractivity contribution >= 4 is 13.4 Å². The van der Waals surface area contributed by atoms with Gasteiger partial charge < -0.3 is 20.0 Å². The zero-order chi connectivity index (χ0) is 4.50. The summed E-state index contributed by atoms with van der Waals surface area (Å²) in [5, 5.41) is 0. The molecule has 0 aliphatic carbocycles. The van der Waals surface area contributed by atoms with Crippen LogP contribution >= 0.6 is 0 Å². The molecule has 7 nitrogen and oxygen atoms in total. The fourth-order valence-electron chi connectivity index (χ4n) is 0. The molecule has 0 aliphatic heterocycles. The van der Waals surface area contributed by atoms with Crippen molar-refractivity contribution < 1.29 is 110 Å². The molecule has 0 saturated carbocycles. The smallest absolute Gasteiger partial charge is 1.00 e. The van der Waals surface area contributed by atoms with E-state index in [-0.39, 0.29) is 100 Å². The predicted molar refractivity (Wildman–Crippen MR) is 26.0 cm³/mol. The van der Waals surface area contributed by atoms with Gasteiger partial charge in [-0.15, -0.1) is 0 Å². The van der Waals surface area contributed by atoms with E-state index in [1.807, 2.05) is 0 Å². The van der Waals surface area contributed by atoms with E-state index in [4.69, 9.17) is 16.0 Å². The van der Waals surface area contributed by atoms with Crippen molar-refractivity contribution in [1.82, 2.24) is 6.15 Å². The van der Waals surface area contributed by atoms with E-state index in [1.54, 1.807) is 0 Å². The standard InChI is InChI=1S/Mo.H3N.2Na.H2O4Se.2H2O.2H/c;;;;1-5(2,3)4;;;;/h;1H3;;;(H2,1,2,3,4);2*1H2;;/q;;2*+1;;;;2*-1. The third kappa shape index (κ3) is 209. The summed E-state index contributed by atoms with van der Waals surface area (Å²) in [7, 11) is 0. The zero-order valence-corrected chi connectivity index (χ0v) is 14.0. The Hall–Kier alpha value is 2.61. The van der Waals surface area contributed by atoms with Gasteiger partial charge in [-0.1, -0.05) is 0 Å². The Morgan fingerprint density at radius 1 is 1.00 bits per heavy atom. The van der Waals surface area contributed by atoms with Crippen LogP contribution in [0.2, 0.25) is 0 Å². The monoisotopic (exact) mass is 345 g/mol. The van der Waals surface area contributed by atoms with E-state index in [1.165, 1.54) is 0 Å². The summed E-state index contributed by atoms with van der Waals surface area (Å²) in [5.41, 5.74) is 0. The number of hydrogen-bond acceptors (Lipinski definition) is 3. The van der Waals surface area contributed by atoms with Gasteiger partial charge in [0.1, 0.15) is 0 Å². The molecule has 9 N–H and O–H groups in total. The maximum absolute atomic E-state index is 8.82. The summed E-state index contributed by atoms with van der Waals surface area (Å²) in [6, 6.07) is 0. The average Bonchev–Trinajstić information content (AvgIpc) is 0.722. The van der Waals surface area contributed by atoms with Gasteiger partial charge in [-0.3, -0.25) is 0 Å². The van der Waals surface area contributed by atoms with Crippen LogP contribution in [0.4, 0.5) is 0 Å². The molecular formula is H11MoNNa2O6Se. The second kappa shape index (κ2) is 22.9. The van der Waals surface area contributed by atoms with Gasteiger partial charge in [0.05, 0.1) is 0 Å². The maximum Gasteiger partial charge on any atom is 1.00 e. The molecule has 0 aliphatic rings. The molecule has 0 spiro atoms. The van der Waals surface area contributed by atoms with Gasteiger partial charge in [-0.05, 0) is 0 Å².